The van der Waals surface area contributed by atoms with Crippen molar-refractivity contribution in [1.82, 2.24) is 0 Å². The van der Waals surface area contributed by atoms with Gasteiger partial charge in [-0.15, -0.1) is 0 Å². The van der Waals surface area contributed by atoms with Crippen LogP contribution in [0.1, 0.15) is 12.8 Å². The van der Waals surface area contributed by atoms with E-state index in [4.69, 9.17) is 14.6 Å². The summed E-state index contributed by atoms with van der Waals surface area (Å²) >= 11 is 0. The smallest absolute Gasteiger partial charge is 0.267 e. The number of halogens is 2. The van der Waals surface area contributed by atoms with Crippen molar-refractivity contribution in [2.24, 2.45) is 0 Å². The van der Waals surface area contributed by atoms with Crippen molar-refractivity contribution in [1.29, 1.82) is 0 Å². The standard InChI is InChI=1S/C7H12F2O3/c1-11-5-3-2-4(10)6(12-5)7(8)9/h4-7,10H,2-3H2,1H3/t4-,5+,6+/m1/s1. The molecule has 1 N–H and O–H groups in total. The monoisotopic (exact) mass is 182 g/mol. The third-order valence-electron chi connectivity index (χ3n) is 1.90. The van der Waals surface area contributed by atoms with Crippen LogP contribution in [0.2, 0.25) is 0 Å². The average Bonchev–Trinajstić information content (AvgIpc) is 2.05. The molecule has 0 amide bonds. The van der Waals surface area contributed by atoms with Crippen LogP contribution in [-0.4, -0.2) is 37.1 Å². The Labute approximate surface area is 69.3 Å². The molecule has 1 rings (SSSR count). The second-order valence-corrected chi connectivity index (χ2v) is 2.75. The summed E-state index contributed by atoms with van der Waals surface area (Å²) in [6.45, 7) is 0. The van der Waals surface area contributed by atoms with Gasteiger partial charge >= 0.3 is 0 Å². The first-order valence-electron chi connectivity index (χ1n) is 3.79. The molecule has 3 nitrogen and oxygen atoms in total. The van der Waals surface area contributed by atoms with Crippen LogP contribution in [0.3, 0.4) is 0 Å². The average molecular weight is 182 g/mol. The van der Waals surface area contributed by atoms with E-state index in [1.165, 1.54) is 7.11 Å². The lowest BCUT2D eigenvalue weighted by Crippen LogP contribution is -2.43. The molecule has 0 aromatic heterocycles. The van der Waals surface area contributed by atoms with Crippen LogP contribution in [0.4, 0.5) is 8.78 Å². The molecule has 1 aliphatic rings. The summed E-state index contributed by atoms with van der Waals surface area (Å²) in [6, 6.07) is 0. The first-order valence-corrected chi connectivity index (χ1v) is 3.79. The summed E-state index contributed by atoms with van der Waals surface area (Å²) in [6.07, 6.45) is -4.97. The van der Waals surface area contributed by atoms with Gasteiger partial charge in [0.05, 0.1) is 6.10 Å². The minimum atomic E-state index is -2.65. The largest absolute Gasteiger partial charge is 0.390 e. The molecule has 0 spiro atoms. The second-order valence-electron chi connectivity index (χ2n) is 2.75. The quantitative estimate of drug-likeness (QED) is 0.685. The maximum atomic E-state index is 12.1. The summed E-state index contributed by atoms with van der Waals surface area (Å²) < 4.78 is 33.8. The molecule has 0 radical (unpaired) electrons. The highest BCUT2D eigenvalue weighted by Crippen LogP contribution is 2.24. The van der Waals surface area contributed by atoms with E-state index in [1.807, 2.05) is 0 Å². The van der Waals surface area contributed by atoms with Gasteiger partial charge in [-0.3, -0.25) is 0 Å². The van der Waals surface area contributed by atoms with Gasteiger partial charge in [0.2, 0.25) is 0 Å². The molecule has 0 unspecified atom stereocenters. The Morgan fingerprint density at radius 3 is 2.67 bits per heavy atom. The lowest BCUT2D eigenvalue weighted by molar-refractivity contribution is -0.240. The molecule has 0 saturated carbocycles. The van der Waals surface area contributed by atoms with Gasteiger partial charge in [0.1, 0.15) is 6.10 Å². The van der Waals surface area contributed by atoms with Crippen LogP contribution in [-0.2, 0) is 9.47 Å². The number of alkyl halides is 2. The fraction of sp³-hybridized carbons (Fsp3) is 1.00. The zero-order chi connectivity index (χ0) is 9.14. The zero-order valence-corrected chi connectivity index (χ0v) is 6.74. The number of aliphatic hydroxyl groups is 1. The van der Waals surface area contributed by atoms with Crippen molar-refractivity contribution in [3.63, 3.8) is 0 Å². The van der Waals surface area contributed by atoms with E-state index in [1.54, 1.807) is 0 Å². The normalized spacial score (nSPS) is 37.2. The number of methoxy groups -OCH3 is 1. The Balaban J connectivity index is 2.47. The third kappa shape index (κ3) is 2.12. The molecule has 1 saturated heterocycles. The van der Waals surface area contributed by atoms with Crippen molar-refractivity contribution in [2.75, 3.05) is 7.11 Å². The Kier molecular flexibility index (Phi) is 3.37. The van der Waals surface area contributed by atoms with E-state index in [0.29, 0.717) is 12.8 Å². The van der Waals surface area contributed by atoms with Crippen LogP contribution < -0.4 is 0 Å². The molecule has 0 aliphatic carbocycles. The molecule has 0 aromatic carbocycles. The van der Waals surface area contributed by atoms with Crippen molar-refractivity contribution in [3.05, 3.63) is 0 Å². The molecule has 0 aromatic rings. The summed E-state index contributed by atoms with van der Waals surface area (Å²) in [5.74, 6) is 0. The Morgan fingerprint density at radius 1 is 1.50 bits per heavy atom. The molecule has 5 heteroatoms. The lowest BCUT2D eigenvalue weighted by Gasteiger charge is -2.32. The van der Waals surface area contributed by atoms with Crippen molar-refractivity contribution in [3.8, 4) is 0 Å². The number of aliphatic hydroxyl groups excluding tert-OH is 1. The van der Waals surface area contributed by atoms with Crippen LogP contribution in [0, 0.1) is 0 Å². The summed E-state index contributed by atoms with van der Waals surface area (Å²) in [5, 5.41) is 9.09. The van der Waals surface area contributed by atoms with Gasteiger partial charge < -0.3 is 14.6 Å². The van der Waals surface area contributed by atoms with Gasteiger partial charge in [-0.2, -0.15) is 0 Å². The number of ether oxygens (including phenoxy) is 2. The zero-order valence-electron chi connectivity index (χ0n) is 6.74. The Morgan fingerprint density at radius 2 is 2.17 bits per heavy atom. The topological polar surface area (TPSA) is 38.7 Å². The van der Waals surface area contributed by atoms with Crippen molar-refractivity contribution >= 4 is 0 Å². The van der Waals surface area contributed by atoms with Gasteiger partial charge in [-0.05, 0) is 6.42 Å². The summed E-state index contributed by atoms with van der Waals surface area (Å²) in [7, 11) is 1.39. The Hall–Kier alpha value is -0.260. The van der Waals surface area contributed by atoms with Crippen LogP contribution >= 0.6 is 0 Å². The molecule has 0 bridgehead atoms. The molecule has 1 heterocycles. The molecular formula is C7H12F2O3. The maximum Gasteiger partial charge on any atom is 0.267 e. The van der Waals surface area contributed by atoms with Crippen molar-refractivity contribution in [2.45, 2.75) is 37.8 Å². The van der Waals surface area contributed by atoms with E-state index in [0.717, 1.165) is 0 Å². The van der Waals surface area contributed by atoms with Crippen molar-refractivity contribution < 1.29 is 23.4 Å². The SMILES string of the molecule is CO[C@@H]1CC[C@@H](O)[C@@H](C(F)F)O1. The number of hydrogen-bond acceptors (Lipinski definition) is 3. The van der Waals surface area contributed by atoms with E-state index in [-0.39, 0.29) is 0 Å². The minimum Gasteiger partial charge on any atom is -0.390 e. The number of hydrogen-bond donors (Lipinski definition) is 1. The lowest BCUT2D eigenvalue weighted by atomic mass is 10.1. The van der Waals surface area contributed by atoms with E-state index >= 15 is 0 Å². The van der Waals surface area contributed by atoms with Gasteiger partial charge in [0.25, 0.3) is 6.43 Å². The van der Waals surface area contributed by atoms with Gasteiger partial charge in [-0.25, -0.2) is 8.78 Å². The van der Waals surface area contributed by atoms with Crippen LogP contribution in [0.25, 0.3) is 0 Å². The van der Waals surface area contributed by atoms with E-state index in [9.17, 15) is 8.78 Å². The number of rotatable bonds is 2. The summed E-state index contributed by atoms with van der Waals surface area (Å²) in [5.41, 5.74) is 0. The van der Waals surface area contributed by atoms with E-state index in [2.05, 4.69) is 0 Å². The highest BCUT2D eigenvalue weighted by Gasteiger charge is 2.36. The van der Waals surface area contributed by atoms with Crippen LogP contribution in [0.15, 0.2) is 0 Å². The second kappa shape index (κ2) is 4.11. The van der Waals surface area contributed by atoms with Gasteiger partial charge in [0.15, 0.2) is 6.29 Å². The Bertz CT molecular complexity index is 143. The molecule has 3 atom stereocenters. The predicted octanol–water partition coefficient (Wildman–Crippen LogP) is 0.764. The fourth-order valence-corrected chi connectivity index (χ4v) is 1.21. The first kappa shape index (κ1) is 9.83. The molecule has 1 aliphatic heterocycles. The molecule has 72 valence electrons. The highest BCUT2D eigenvalue weighted by molar-refractivity contribution is 4.77. The predicted molar refractivity (Wildman–Crippen MR) is 36.9 cm³/mol. The molecule has 12 heavy (non-hydrogen) atoms. The summed E-state index contributed by atoms with van der Waals surface area (Å²) in [4.78, 5) is 0. The van der Waals surface area contributed by atoms with Gasteiger partial charge in [0, 0.05) is 13.5 Å². The fourth-order valence-electron chi connectivity index (χ4n) is 1.21. The van der Waals surface area contributed by atoms with Gasteiger partial charge in [-0.1, -0.05) is 0 Å². The first-order chi connectivity index (χ1) is 5.65. The third-order valence-corrected chi connectivity index (χ3v) is 1.90. The highest BCUT2D eigenvalue weighted by atomic mass is 19.3. The minimum absolute atomic E-state index is 0.299. The molecule has 1 fully saturated rings. The molecular weight excluding hydrogens is 170 g/mol. The van der Waals surface area contributed by atoms with E-state index < -0.39 is 24.9 Å². The van der Waals surface area contributed by atoms with Crippen LogP contribution in [0.5, 0.6) is 0 Å². The maximum absolute atomic E-state index is 12.1.